The molecule has 3 fully saturated rings. The number of fused-ring (bicyclic) bond motifs is 2. The van der Waals surface area contributed by atoms with Gasteiger partial charge in [-0.1, -0.05) is 79.4 Å². The number of benzene rings is 1. The maximum atomic E-state index is 6.05. The zero-order chi connectivity index (χ0) is 20.3. The number of ether oxygens (including phenoxy) is 1. The fourth-order valence-electron chi connectivity index (χ4n) is 7.04. The van der Waals surface area contributed by atoms with Crippen molar-refractivity contribution in [3.8, 4) is 5.75 Å². The van der Waals surface area contributed by atoms with E-state index in [2.05, 4.69) is 53.7 Å². The molecule has 28 heavy (non-hydrogen) atoms. The van der Waals surface area contributed by atoms with Crippen molar-refractivity contribution >= 4 is 0 Å². The lowest BCUT2D eigenvalue weighted by Gasteiger charge is -2.44. The number of rotatable bonds is 2. The number of hydrogen-bond acceptors (Lipinski definition) is 1. The summed E-state index contributed by atoms with van der Waals surface area (Å²) in [4.78, 5) is 0. The highest BCUT2D eigenvalue weighted by Gasteiger charge is 2.48. The van der Waals surface area contributed by atoms with E-state index < -0.39 is 0 Å². The molecule has 3 aliphatic carbocycles. The highest BCUT2D eigenvalue weighted by molar-refractivity contribution is 5.52. The van der Waals surface area contributed by atoms with Crippen molar-refractivity contribution < 1.29 is 4.74 Å². The molecule has 0 aromatic heterocycles. The molecule has 1 nitrogen and oxygen atoms in total. The molecule has 0 radical (unpaired) electrons. The molecule has 4 atom stereocenters. The third-order valence-electron chi connectivity index (χ3n) is 8.28. The molecule has 0 aliphatic heterocycles. The predicted octanol–water partition coefficient (Wildman–Crippen LogP) is 7.61. The second kappa shape index (κ2) is 7.06. The van der Waals surface area contributed by atoms with Crippen molar-refractivity contribution in [1.82, 2.24) is 0 Å². The van der Waals surface area contributed by atoms with Crippen LogP contribution in [0.1, 0.15) is 109 Å². The van der Waals surface area contributed by atoms with Crippen LogP contribution in [-0.2, 0) is 10.8 Å². The minimum Gasteiger partial charge on any atom is -0.496 e. The molecule has 0 N–H and O–H groups in total. The first-order chi connectivity index (χ1) is 13.1. The molecule has 3 saturated carbocycles. The van der Waals surface area contributed by atoms with E-state index in [9.17, 15) is 0 Å². The SMILES string of the molecule is COc1c(C(C)(C)C)cc(C2C3CCCC3CC3CCCC32)cc1C(C)(C)C. The summed E-state index contributed by atoms with van der Waals surface area (Å²) in [6.07, 6.45) is 10.3. The molecule has 4 unspecified atom stereocenters. The first-order valence-corrected chi connectivity index (χ1v) is 11.8. The molecule has 0 spiro atoms. The van der Waals surface area contributed by atoms with Crippen LogP contribution in [0.5, 0.6) is 5.75 Å². The molecule has 0 heterocycles. The van der Waals surface area contributed by atoms with Gasteiger partial charge in [0.15, 0.2) is 0 Å². The van der Waals surface area contributed by atoms with Gasteiger partial charge in [0.2, 0.25) is 0 Å². The van der Waals surface area contributed by atoms with Gasteiger partial charge in [-0.15, -0.1) is 0 Å². The third-order valence-corrected chi connectivity index (χ3v) is 8.28. The lowest BCUT2D eigenvalue weighted by Crippen LogP contribution is -2.34. The Kier molecular flexibility index (Phi) is 5.12. The van der Waals surface area contributed by atoms with E-state index >= 15 is 0 Å². The van der Waals surface area contributed by atoms with Crippen LogP contribution in [0.25, 0.3) is 0 Å². The maximum Gasteiger partial charge on any atom is 0.126 e. The second-order valence-corrected chi connectivity index (χ2v) is 12.1. The first-order valence-electron chi connectivity index (χ1n) is 11.8. The zero-order valence-corrected chi connectivity index (χ0v) is 19.4. The van der Waals surface area contributed by atoms with Crippen molar-refractivity contribution in [3.05, 3.63) is 28.8 Å². The smallest absolute Gasteiger partial charge is 0.126 e. The molecule has 1 heteroatoms. The van der Waals surface area contributed by atoms with Crippen molar-refractivity contribution in [1.29, 1.82) is 0 Å². The molecule has 4 rings (SSSR count). The van der Waals surface area contributed by atoms with Gasteiger partial charge in [-0.3, -0.25) is 0 Å². The Hall–Kier alpha value is -0.980. The summed E-state index contributed by atoms with van der Waals surface area (Å²) in [5.41, 5.74) is 4.66. The Balaban J connectivity index is 1.88. The van der Waals surface area contributed by atoms with Crippen molar-refractivity contribution in [2.24, 2.45) is 23.7 Å². The molecule has 156 valence electrons. The van der Waals surface area contributed by atoms with Crippen LogP contribution < -0.4 is 4.74 Å². The number of methoxy groups -OCH3 is 1. The van der Waals surface area contributed by atoms with E-state index in [1.165, 1.54) is 56.1 Å². The molecular weight excluding hydrogens is 340 g/mol. The second-order valence-electron chi connectivity index (χ2n) is 12.1. The van der Waals surface area contributed by atoms with Gasteiger partial charge in [-0.2, -0.15) is 0 Å². The van der Waals surface area contributed by atoms with Gasteiger partial charge >= 0.3 is 0 Å². The maximum absolute atomic E-state index is 6.05. The van der Waals surface area contributed by atoms with E-state index in [0.717, 1.165) is 35.3 Å². The summed E-state index contributed by atoms with van der Waals surface area (Å²) in [5.74, 6) is 5.74. The fourth-order valence-corrected chi connectivity index (χ4v) is 7.04. The van der Waals surface area contributed by atoms with Crippen LogP contribution in [-0.4, -0.2) is 7.11 Å². The predicted molar refractivity (Wildman–Crippen MR) is 119 cm³/mol. The van der Waals surface area contributed by atoms with Crippen LogP contribution >= 0.6 is 0 Å². The van der Waals surface area contributed by atoms with Gasteiger partial charge in [0.25, 0.3) is 0 Å². The van der Waals surface area contributed by atoms with Crippen molar-refractivity contribution in [2.75, 3.05) is 7.11 Å². The largest absolute Gasteiger partial charge is 0.496 e. The van der Waals surface area contributed by atoms with Gasteiger partial charge in [-0.05, 0) is 65.2 Å². The van der Waals surface area contributed by atoms with E-state index in [4.69, 9.17) is 4.74 Å². The highest BCUT2D eigenvalue weighted by atomic mass is 16.5. The molecule has 3 aliphatic rings. The molecule has 1 aromatic carbocycles. The van der Waals surface area contributed by atoms with E-state index in [-0.39, 0.29) is 10.8 Å². The summed E-state index contributed by atoms with van der Waals surface area (Å²) < 4.78 is 6.05. The lowest BCUT2D eigenvalue weighted by atomic mass is 9.61. The minimum absolute atomic E-state index is 0.0974. The Morgan fingerprint density at radius 2 is 1.21 bits per heavy atom. The average molecular weight is 383 g/mol. The van der Waals surface area contributed by atoms with E-state index in [1.54, 1.807) is 5.56 Å². The van der Waals surface area contributed by atoms with Gasteiger partial charge in [0.05, 0.1) is 7.11 Å². The first kappa shape index (κ1) is 20.3. The Morgan fingerprint density at radius 1 is 0.750 bits per heavy atom. The van der Waals surface area contributed by atoms with Crippen LogP contribution in [0.4, 0.5) is 0 Å². The Bertz CT molecular complexity index is 662. The van der Waals surface area contributed by atoms with Crippen LogP contribution in [0.15, 0.2) is 12.1 Å². The standard InChI is InChI=1S/C27H42O/c1-26(2,3)22-15-19(16-23(25(22)28-7)27(4,5)6)24-20-12-8-10-17(20)14-18-11-9-13-21(18)24/h15-18,20-21,24H,8-14H2,1-7H3. The van der Waals surface area contributed by atoms with Crippen molar-refractivity contribution in [2.45, 2.75) is 103 Å². The zero-order valence-electron chi connectivity index (χ0n) is 19.4. The lowest BCUT2D eigenvalue weighted by molar-refractivity contribution is 0.122. The van der Waals surface area contributed by atoms with Crippen LogP contribution in [0.2, 0.25) is 0 Å². The van der Waals surface area contributed by atoms with Crippen molar-refractivity contribution in [3.63, 3.8) is 0 Å². The van der Waals surface area contributed by atoms with Crippen LogP contribution in [0, 0.1) is 23.7 Å². The normalized spacial score (nSPS) is 32.9. The quantitative estimate of drug-likeness (QED) is 0.511. The summed E-state index contributed by atoms with van der Waals surface area (Å²) in [5, 5.41) is 0. The summed E-state index contributed by atoms with van der Waals surface area (Å²) in [7, 11) is 1.86. The fraction of sp³-hybridized carbons (Fsp3) is 0.778. The van der Waals surface area contributed by atoms with Gasteiger partial charge < -0.3 is 4.74 Å². The van der Waals surface area contributed by atoms with Crippen LogP contribution in [0.3, 0.4) is 0 Å². The average Bonchev–Trinajstić information content (AvgIpc) is 3.25. The van der Waals surface area contributed by atoms with Gasteiger partial charge in [-0.25, -0.2) is 0 Å². The Labute approximate surface area is 173 Å². The Morgan fingerprint density at radius 3 is 1.61 bits per heavy atom. The van der Waals surface area contributed by atoms with E-state index in [1.807, 2.05) is 7.11 Å². The molecular formula is C27H42O. The topological polar surface area (TPSA) is 9.23 Å². The molecule has 0 amide bonds. The van der Waals surface area contributed by atoms with Gasteiger partial charge in [0, 0.05) is 11.1 Å². The molecule has 0 saturated heterocycles. The minimum atomic E-state index is 0.0974. The molecule has 0 bridgehead atoms. The number of hydrogen-bond donors (Lipinski definition) is 0. The summed E-state index contributed by atoms with van der Waals surface area (Å²) in [6, 6.07) is 5.13. The summed E-state index contributed by atoms with van der Waals surface area (Å²) in [6.45, 7) is 14.1. The molecule has 1 aromatic rings. The summed E-state index contributed by atoms with van der Waals surface area (Å²) >= 11 is 0. The third kappa shape index (κ3) is 3.41. The highest BCUT2D eigenvalue weighted by Crippen LogP contribution is 2.59. The van der Waals surface area contributed by atoms with Gasteiger partial charge in [0.1, 0.15) is 5.75 Å². The van der Waals surface area contributed by atoms with E-state index in [0.29, 0.717) is 0 Å². The monoisotopic (exact) mass is 382 g/mol.